The van der Waals surface area contributed by atoms with Crippen molar-refractivity contribution in [2.24, 2.45) is 5.92 Å². The number of carbonyl (C=O) groups excluding carboxylic acids is 3. The fourth-order valence-electron chi connectivity index (χ4n) is 3.40. The summed E-state index contributed by atoms with van der Waals surface area (Å²) in [5, 5.41) is 10.4. The summed E-state index contributed by atoms with van der Waals surface area (Å²) in [6.45, 7) is 9.58. The van der Waals surface area contributed by atoms with Crippen LogP contribution in [0.15, 0.2) is 35.5 Å². The number of hydrogen-bond donors (Lipinski definition) is 1. The number of aliphatic hydroxyl groups excluding tert-OH is 1. The smallest absolute Gasteiger partial charge is 0.336 e. The van der Waals surface area contributed by atoms with Crippen LogP contribution in [0.25, 0.3) is 0 Å². The molecule has 1 fully saturated rings. The molecule has 1 aliphatic carbocycles. The van der Waals surface area contributed by atoms with Crippen LogP contribution in [0.5, 0.6) is 0 Å². The summed E-state index contributed by atoms with van der Waals surface area (Å²) >= 11 is 0. The maximum Gasteiger partial charge on any atom is 0.336 e. The number of ether oxygens (including phenoxy) is 2. The van der Waals surface area contributed by atoms with Gasteiger partial charge in [-0.05, 0) is 39.2 Å². The molecule has 0 aromatic rings. The van der Waals surface area contributed by atoms with Crippen LogP contribution in [0, 0.1) is 5.92 Å². The zero-order chi connectivity index (χ0) is 20.1. The highest BCUT2D eigenvalue weighted by Crippen LogP contribution is 2.29. The Hall–Kier alpha value is -2.05. The number of fused-ring (bicyclic) bond motifs is 2. The number of Topliss-reactive ketones (excluding diaryl/α,β-unsaturated/α-hetero) is 1. The van der Waals surface area contributed by atoms with E-state index in [1.54, 1.807) is 19.9 Å². The SMILES string of the molecule is C=C(C)[C@H]1C/C=C2/C(=O)O[C@H](C/C(C)=C/C(=O)[C@@H](OCC)CC(=O)C1)[C@H]2O. The number of hydrogen-bond acceptors (Lipinski definition) is 6. The second-order valence-corrected chi connectivity index (χ2v) is 7.32. The fourth-order valence-corrected chi connectivity index (χ4v) is 3.40. The van der Waals surface area contributed by atoms with Gasteiger partial charge >= 0.3 is 5.97 Å². The first kappa shape index (κ1) is 21.3. The van der Waals surface area contributed by atoms with Crippen molar-refractivity contribution < 1.29 is 29.0 Å². The second-order valence-electron chi connectivity index (χ2n) is 7.32. The number of aliphatic hydroxyl groups is 1. The number of esters is 1. The molecule has 1 heterocycles. The first-order valence-corrected chi connectivity index (χ1v) is 9.31. The lowest BCUT2D eigenvalue weighted by Crippen LogP contribution is -2.28. The Labute approximate surface area is 159 Å². The summed E-state index contributed by atoms with van der Waals surface area (Å²) in [7, 11) is 0. The van der Waals surface area contributed by atoms with Gasteiger partial charge in [-0.25, -0.2) is 4.79 Å². The molecular weight excluding hydrogens is 348 g/mol. The maximum absolute atomic E-state index is 12.5. The van der Waals surface area contributed by atoms with Gasteiger partial charge in [0.05, 0.1) is 5.57 Å². The van der Waals surface area contributed by atoms with Gasteiger partial charge in [0.25, 0.3) is 0 Å². The van der Waals surface area contributed by atoms with E-state index in [1.165, 1.54) is 6.08 Å². The van der Waals surface area contributed by atoms with Gasteiger partial charge in [-0.15, -0.1) is 0 Å². The second kappa shape index (κ2) is 9.24. The van der Waals surface area contributed by atoms with Gasteiger partial charge in [-0.1, -0.05) is 23.8 Å². The van der Waals surface area contributed by atoms with Gasteiger partial charge in [0.15, 0.2) is 5.78 Å². The molecule has 0 aromatic heterocycles. The van der Waals surface area contributed by atoms with Gasteiger partial charge in [0, 0.05) is 25.9 Å². The lowest BCUT2D eigenvalue weighted by molar-refractivity contribution is -0.139. The average molecular weight is 376 g/mol. The van der Waals surface area contributed by atoms with Crippen molar-refractivity contribution in [1.82, 2.24) is 0 Å². The third kappa shape index (κ3) is 5.47. The van der Waals surface area contributed by atoms with E-state index in [1.807, 2.05) is 6.92 Å². The molecule has 2 rings (SSSR count). The van der Waals surface area contributed by atoms with Crippen LogP contribution in [0.2, 0.25) is 0 Å². The van der Waals surface area contributed by atoms with Crippen molar-refractivity contribution in [3.05, 3.63) is 35.5 Å². The van der Waals surface area contributed by atoms with Crippen LogP contribution < -0.4 is 0 Å². The van der Waals surface area contributed by atoms with E-state index in [0.29, 0.717) is 18.6 Å². The molecule has 2 aliphatic rings. The zero-order valence-electron chi connectivity index (χ0n) is 16.2. The van der Waals surface area contributed by atoms with Crippen LogP contribution in [0.3, 0.4) is 0 Å². The Morgan fingerprint density at radius 2 is 2.00 bits per heavy atom. The molecule has 0 unspecified atom stereocenters. The molecule has 6 nitrogen and oxygen atoms in total. The first-order chi connectivity index (χ1) is 12.7. The Kier molecular flexibility index (Phi) is 7.27. The van der Waals surface area contributed by atoms with E-state index in [2.05, 4.69) is 6.58 Å². The average Bonchev–Trinajstić information content (AvgIpc) is 2.83. The quantitative estimate of drug-likeness (QED) is 0.601. The highest BCUT2D eigenvalue weighted by atomic mass is 16.6. The summed E-state index contributed by atoms with van der Waals surface area (Å²) in [5.74, 6) is -1.12. The van der Waals surface area contributed by atoms with Crippen LogP contribution in [-0.4, -0.2) is 47.6 Å². The molecule has 2 bridgehead atoms. The zero-order valence-corrected chi connectivity index (χ0v) is 16.2. The molecule has 148 valence electrons. The molecule has 1 N–H and O–H groups in total. The van der Waals surface area contributed by atoms with Crippen molar-refractivity contribution in [2.75, 3.05) is 6.61 Å². The van der Waals surface area contributed by atoms with E-state index >= 15 is 0 Å². The number of rotatable bonds is 3. The lowest BCUT2D eigenvalue weighted by Gasteiger charge is -2.19. The van der Waals surface area contributed by atoms with Gasteiger partial charge in [0.1, 0.15) is 24.1 Å². The van der Waals surface area contributed by atoms with Crippen LogP contribution >= 0.6 is 0 Å². The Morgan fingerprint density at radius 1 is 1.30 bits per heavy atom. The number of ketones is 2. The molecule has 1 saturated heterocycles. The van der Waals surface area contributed by atoms with Crippen molar-refractivity contribution in [2.45, 2.75) is 64.8 Å². The topological polar surface area (TPSA) is 89.9 Å². The molecule has 0 saturated carbocycles. The third-order valence-electron chi connectivity index (χ3n) is 4.97. The molecule has 6 heteroatoms. The van der Waals surface area contributed by atoms with E-state index in [-0.39, 0.29) is 42.3 Å². The molecule has 4 atom stereocenters. The minimum atomic E-state index is -1.05. The van der Waals surface area contributed by atoms with Crippen LogP contribution in [-0.2, 0) is 23.9 Å². The van der Waals surface area contributed by atoms with Crippen molar-refractivity contribution in [3.63, 3.8) is 0 Å². The number of allylic oxidation sites excluding steroid dienone is 2. The van der Waals surface area contributed by atoms with Gasteiger partial charge in [-0.3, -0.25) is 9.59 Å². The number of carbonyl (C=O) groups is 3. The van der Waals surface area contributed by atoms with Gasteiger partial charge < -0.3 is 14.6 Å². The predicted octanol–water partition coefficient (Wildman–Crippen LogP) is 2.46. The first-order valence-electron chi connectivity index (χ1n) is 9.31. The van der Waals surface area contributed by atoms with Gasteiger partial charge in [0.2, 0.25) is 0 Å². The normalized spacial score (nSPS) is 34.1. The van der Waals surface area contributed by atoms with Crippen molar-refractivity contribution in [3.8, 4) is 0 Å². The Bertz CT molecular complexity index is 687. The van der Waals surface area contributed by atoms with E-state index in [0.717, 1.165) is 5.57 Å². The summed E-state index contributed by atoms with van der Waals surface area (Å²) in [6.07, 6.45) is 1.32. The highest BCUT2D eigenvalue weighted by molar-refractivity contribution is 5.97. The molecule has 27 heavy (non-hydrogen) atoms. The molecular formula is C21H28O6. The maximum atomic E-state index is 12.5. The van der Waals surface area contributed by atoms with E-state index in [4.69, 9.17) is 9.47 Å². The monoisotopic (exact) mass is 376 g/mol. The lowest BCUT2D eigenvalue weighted by atomic mass is 9.88. The highest BCUT2D eigenvalue weighted by Gasteiger charge is 2.38. The summed E-state index contributed by atoms with van der Waals surface area (Å²) in [5.41, 5.74) is 1.67. The predicted molar refractivity (Wildman–Crippen MR) is 99.9 cm³/mol. The molecule has 0 spiro atoms. The molecule has 0 amide bonds. The summed E-state index contributed by atoms with van der Waals surface area (Å²) in [6, 6.07) is 0. The van der Waals surface area contributed by atoms with E-state index < -0.39 is 24.3 Å². The van der Waals surface area contributed by atoms with Crippen molar-refractivity contribution in [1.29, 1.82) is 0 Å². The van der Waals surface area contributed by atoms with Gasteiger partial charge in [-0.2, -0.15) is 0 Å². The minimum absolute atomic E-state index is 0.0122. The summed E-state index contributed by atoms with van der Waals surface area (Å²) in [4.78, 5) is 37.2. The molecule has 0 radical (unpaired) electrons. The minimum Gasteiger partial charge on any atom is -0.455 e. The third-order valence-corrected chi connectivity index (χ3v) is 4.97. The van der Waals surface area contributed by atoms with E-state index in [9.17, 15) is 19.5 Å². The Balaban J connectivity index is 2.36. The standard InChI is InChI=1S/C21H28O6/c1-5-26-18-11-15(22)10-14(12(2)3)6-7-16-20(24)19(27-21(16)25)9-13(4)8-17(18)23/h7-8,14,18-20,24H,2,5-6,9-11H2,1,3-4H3/b13-8+,16-7+/t14-,18-,19+,20-/m0/s1. The summed E-state index contributed by atoms with van der Waals surface area (Å²) < 4.78 is 10.8. The van der Waals surface area contributed by atoms with Crippen LogP contribution in [0.1, 0.15) is 46.5 Å². The van der Waals surface area contributed by atoms with Crippen molar-refractivity contribution >= 4 is 17.5 Å². The largest absolute Gasteiger partial charge is 0.455 e. The van der Waals surface area contributed by atoms with Crippen LogP contribution in [0.4, 0.5) is 0 Å². The molecule has 1 aliphatic heterocycles. The fraction of sp³-hybridized carbons (Fsp3) is 0.571. The molecule has 0 aromatic carbocycles. The Morgan fingerprint density at radius 3 is 2.63 bits per heavy atom.